The van der Waals surface area contributed by atoms with Crippen LogP contribution in [0.15, 0.2) is 75.8 Å². The first-order valence-electron chi connectivity index (χ1n) is 12.3. The normalized spacial score (nSPS) is 25.5. The quantitative estimate of drug-likeness (QED) is 0.503. The molecule has 2 atom stereocenters. The van der Waals surface area contributed by atoms with E-state index in [9.17, 15) is 18.0 Å². The summed E-state index contributed by atoms with van der Waals surface area (Å²) in [6.45, 7) is 21.6. The zero-order valence-corrected chi connectivity index (χ0v) is 23.4. The molecule has 0 unspecified atom stereocenters. The largest absolute Gasteiger partial charge is 0.451 e. The first-order chi connectivity index (χ1) is 17.0. The molecule has 198 valence electrons. The zero-order valence-electron chi connectivity index (χ0n) is 22.6. The number of benzene rings is 1. The Morgan fingerprint density at radius 2 is 1.19 bits per heavy atom. The van der Waals surface area contributed by atoms with Gasteiger partial charge in [-0.2, -0.15) is 4.31 Å². The van der Waals surface area contributed by atoms with E-state index in [1.807, 2.05) is 6.92 Å². The Morgan fingerprint density at radius 3 is 1.51 bits per heavy atom. The lowest BCUT2D eigenvalue weighted by molar-refractivity contribution is -0.145. The van der Waals surface area contributed by atoms with Crippen LogP contribution >= 0.6 is 0 Å². The van der Waals surface area contributed by atoms with Crippen LogP contribution in [0.1, 0.15) is 47.1 Å². The molecule has 0 saturated carbocycles. The third kappa shape index (κ3) is 4.40. The Balaban J connectivity index is 1.80. The number of aryl methyl sites for hydroxylation is 1. The van der Waals surface area contributed by atoms with Crippen LogP contribution in [0.3, 0.4) is 0 Å². The summed E-state index contributed by atoms with van der Waals surface area (Å²) in [4.78, 5) is 25.1. The van der Waals surface area contributed by atoms with Gasteiger partial charge in [-0.25, -0.2) is 18.0 Å². The number of esters is 2. The average Bonchev–Trinajstić information content (AvgIpc) is 3.38. The summed E-state index contributed by atoms with van der Waals surface area (Å²) in [5, 5.41) is 0. The summed E-state index contributed by atoms with van der Waals surface area (Å²) < 4.78 is 40.0. The number of nitrogens with zero attached hydrogens (tertiary/aromatic N) is 1. The van der Waals surface area contributed by atoms with E-state index in [0.29, 0.717) is 33.4 Å². The molecule has 0 bridgehead atoms. The molecule has 3 heterocycles. The van der Waals surface area contributed by atoms with Crippen molar-refractivity contribution in [2.24, 2.45) is 11.8 Å². The van der Waals surface area contributed by atoms with Gasteiger partial charge in [0.25, 0.3) is 0 Å². The smallest absolute Gasteiger partial charge is 0.335 e. The Kier molecular flexibility index (Phi) is 6.44. The van der Waals surface area contributed by atoms with E-state index in [-0.39, 0.29) is 18.0 Å². The second kappa shape index (κ2) is 8.81. The lowest BCUT2D eigenvalue weighted by Gasteiger charge is -2.31. The Morgan fingerprint density at radius 1 is 0.811 bits per heavy atom. The van der Waals surface area contributed by atoms with Gasteiger partial charge >= 0.3 is 11.9 Å². The van der Waals surface area contributed by atoms with Gasteiger partial charge in [0.2, 0.25) is 10.0 Å². The molecule has 1 aromatic carbocycles. The minimum atomic E-state index is -3.82. The van der Waals surface area contributed by atoms with E-state index in [4.69, 9.17) is 9.47 Å². The highest BCUT2D eigenvalue weighted by atomic mass is 32.2. The Bertz CT molecular complexity index is 1320. The van der Waals surface area contributed by atoms with Gasteiger partial charge in [-0.05, 0) is 71.7 Å². The molecule has 1 aromatic rings. The lowest BCUT2D eigenvalue weighted by atomic mass is 9.73. The molecule has 0 amide bonds. The maximum Gasteiger partial charge on any atom is 0.335 e. The maximum absolute atomic E-state index is 13.7. The molecule has 3 aliphatic rings. The third-order valence-corrected chi connectivity index (χ3v) is 9.59. The van der Waals surface area contributed by atoms with Gasteiger partial charge in [0, 0.05) is 47.2 Å². The van der Waals surface area contributed by atoms with Crippen molar-refractivity contribution in [2.75, 3.05) is 13.1 Å². The summed E-state index contributed by atoms with van der Waals surface area (Å²) >= 11 is 0. The topological polar surface area (TPSA) is 90.0 Å². The SMILES string of the molecule is C=C(C1=C(C)C(=O)OC1(C)C)[C@H]1CN(S(=O)(=O)c2ccc(C)cc2)C[C@H]1C(=C)C1=C(C)C(=O)OC1(C)C. The minimum Gasteiger partial charge on any atom is -0.451 e. The van der Waals surface area contributed by atoms with Gasteiger partial charge in [-0.3, -0.25) is 0 Å². The monoisotopic (exact) mass is 525 g/mol. The number of hydrogen-bond donors (Lipinski definition) is 0. The molecule has 0 aromatic heterocycles. The molecule has 4 rings (SSSR count). The predicted octanol–water partition coefficient (Wildman–Crippen LogP) is 4.65. The summed E-state index contributed by atoms with van der Waals surface area (Å²) in [5.74, 6) is -1.60. The number of carbonyl (C=O) groups is 2. The molecule has 7 nitrogen and oxygen atoms in total. The van der Waals surface area contributed by atoms with Crippen molar-refractivity contribution in [2.45, 2.75) is 64.6 Å². The van der Waals surface area contributed by atoms with Crippen molar-refractivity contribution in [1.29, 1.82) is 0 Å². The first-order valence-corrected chi connectivity index (χ1v) is 13.8. The molecular weight excluding hydrogens is 490 g/mol. The zero-order chi connectivity index (χ0) is 27.7. The van der Waals surface area contributed by atoms with Crippen molar-refractivity contribution in [3.63, 3.8) is 0 Å². The molecule has 3 aliphatic heterocycles. The van der Waals surface area contributed by atoms with Crippen LogP contribution in [0.25, 0.3) is 0 Å². The predicted molar refractivity (Wildman–Crippen MR) is 141 cm³/mol. The molecule has 0 radical (unpaired) electrons. The number of sulfonamides is 1. The number of hydrogen-bond acceptors (Lipinski definition) is 6. The summed E-state index contributed by atoms with van der Waals surface area (Å²) in [5.41, 5.74) is 2.75. The van der Waals surface area contributed by atoms with E-state index >= 15 is 0 Å². The van der Waals surface area contributed by atoms with Crippen molar-refractivity contribution in [3.05, 3.63) is 76.4 Å². The van der Waals surface area contributed by atoms with E-state index in [1.165, 1.54) is 4.31 Å². The van der Waals surface area contributed by atoms with E-state index in [2.05, 4.69) is 13.2 Å². The van der Waals surface area contributed by atoms with E-state index < -0.39 is 45.0 Å². The van der Waals surface area contributed by atoms with Crippen molar-refractivity contribution in [3.8, 4) is 0 Å². The minimum absolute atomic E-state index is 0.154. The molecule has 1 fully saturated rings. The molecular formula is C29H35NO6S. The maximum atomic E-state index is 13.7. The average molecular weight is 526 g/mol. The van der Waals surface area contributed by atoms with Gasteiger partial charge in [-0.1, -0.05) is 30.9 Å². The van der Waals surface area contributed by atoms with Gasteiger partial charge in [-0.15, -0.1) is 0 Å². The number of rotatable bonds is 6. The van der Waals surface area contributed by atoms with Crippen LogP contribution in [0.2, 0.25) is 0 Å². The lowest BCUT2D eigenvalue weighted by Crippen LogP contribution is -2.30. The van der Waals surface area contributed by atoms with Crippen LogP contribution in [-0.2, 0) is 29.1 Å². The third-order valence-electron chi connectivity index (χ3n) is 7.74. The van der Waals surface area contributed by atoms with Crippen LogP contribution in [-0.4, -0.2) is 49.0 Å². The van der Waals surface area contributed by atoms with Crippen LogP contribution < -0.4 is 0 Å². The second-order valence-electron chi connectivity index (χ2n) is 11.2. The summed E-state index contributed by atoms with van der Waals surface area (Å²) in [7, 11) is -3.82. The van der Waals surface area contributed by atoms with Crippen LogP contribution in [0.4, 0.5) is 0 Å². The van der Waals surface area contributed by atoms with Gasteiger partial charge in [0.05, 0.1) is 4.90 Å². The fraction of sp³-hybridized carbons (Fsp3) is 0.448. The fourth-order valence-electron chi connectivity index (χ4n) is 5.98. The molecule has 8 heteroatoms. The van der Waals surface area contributed by atoms with Gasteiger partial charge < -0.3 is 9.47 Å². The van der Waals surface area contributed by atoms with Crippen molar-refractivity contribution >= 4 is 22.0 Å². The number of carbonyl (C=O) groups excluding carboxylic acids is 2. The highest BCUT2D eigenvalue weighted by Crippen LogP contribution is 2.48. The number of cyclic esters (lactones) is 2. The molecule has 37 heavy (non-hydrogen) atoms. The van der Waals surface area contributed by atoms with Crippen molar-refractivity contribution in [1.82, 2.24) is 4.31 Å². The Hall–Kier alpha value is -2.97. The van der Waals surface area contributed by atoms with Gasteiger partial charge in [0.1, 0.15) is 11.2 Å². The first kappa shape index (κ1) is 27.1. The molecule has 0 N–H and O–H groups in total. The molecule has 1 saturated heterocycles. The van der Waals surface area contributed by atoms with Crippen LogP contribution in [0.5, 0.6) is 0 Å². The van der Waals surface area contributed by atoms with Gasteiger partial charge in [0.15, 0.2) is 0 Å². The molecule has 0 aliphatic carbocycles. The highest BCUT2D eigenvalue weighted by molar-refractivity contribution is 7.89. The standard InChI is InChI=1S/C29H35NO6S/c1-16-10-12-21(13-11-16)37(33,34)30-14-22(17(2)24-19(4)26(31)35-28(24,6)7)23(15-30)18(3)25-20(5)27(32)36-29(25,8)9/h10-13,22-23H,2-3,14-15H2,1,4-9H3/t22-,23+. The Labute approximate surface area is 219 Å². The highest BCUT2D eigenvalue weighted by Gasteiger charge is 2.50. The molecule has 0 spiro atoms. The summed E-state index contributed by atoms with van der Waals surface area (Å²) in [6.07, 6.45) is 0. The van der Waals surface area contributed by atoms with E-state index in [0.717, 1.165) is 5.56 Å². The second-order valence-corrected chi connectivity index (χ2v) is 13.1. The summed E-state index contributed by atoms with van der Waals surface area (Å²) in [6, 6.07) is 6.75. The number of ether oxygens (including phenoxy) is 2. The van der Waals surface area contributed by atoms with E-state index in [1.54, 1.807) is 65.8 Å². The fourth-order valence-corrected chi connectivity index (χ4v) is 7.47. The van der Waals surface area contributed by atoms with Crippen LogP contribution in [0, 0.1) is 18.8 Å². The van der Waals surface area contributed by atoms with Crippen molar-refractivity contribution < 1.29 is 27.5 Å².